The second-order valence-electron chi connectivity index (χ2n) is 4.17. The van der Waals surface area contributed by atoms with Gasteiger partial charge in [0.05, 0.1) is 19.5 Å². The molecule has 0 bridgehead atoms. The van der Waals surface area contributed by atoms with E-state index in [0.29, 0.717) is 25.0 Å². The van der Waals surface area contributed by atoms with Crippen molar-refractivity contribution in [1.82, 2.24) is 0 Å². The molecule has 0 spiro atoms. The number of hydrogen-bond donors (Lipinski definition) is 1. The summed E-state index contributed by atoms with van der Waals surface area (Å²) in [5, 5.41) is 0. The monoisotopic (exact) mass is 223 g/mol. The van der Waals surface area contributed by atoms with E-state index in [4.69, 9.17) is 14.8 Å². The second-order valence-corrected chi connectivity index (χ2v) is 6.28. The van der Waals surface area contributed by atoms with Gasteiger partial charge in [0.1, 0.15) is 0 Å². The van der Waals surface area contributed by atoms with Gasteiger partial charge in [-0.2, -0.15) is 0 Å². The molecule has 5 heteroatoms. The molecule has 0 fully saturated rings. The molecular formula is C9H22NO3P. The maximum absolute atomic E-state index is 11.8. The van der Waals surface area contributed by atoms with Gasteiger partial charge in [0.25, 0.3) is 0 Å². The average molecular weight is 223 g/mol. The fraction of sp³-hybridized carbons (Fsp3) is 1.00. The Morgan fingerprint density at radius 1 is 1.07 bits per heavy atom. The molecule has 0 rings (SSSR count). The third-order valence-corrected chi connectivity index (χ3v) is 2.96. The van der Waals surface area contributed by atoms with Crippen molar-refractivity contribution in [1.29, 1.82) is 0 Å². The van der Waals surface area contributed by atoms with Gasteiger partial charge < -0.3 is 14.8 Å². The molecule has 0 aliphatic heterocycles. The molecule has 0 unspecified atom stereocenters. The molecule has 2 N–H and O–H groups in total. The van der Waals surface area contributed by atoms with Gasteiger partial charge in [-0.05, 0) is 11.8 Å². The Bertz CT molecular complexity index is 178. The van der Waals surface area contributed by atoms with E-state index in [2.05, 4.69) is 0 Å². The zero-order valence-electron chi connectivity index (χ0n) is 9.53. The lowest BCUT2D eigenvalue weighted by atomic mass is 10.2. The van der Waals surface area contributed by atoms with E-state index in [1.807, 2.05) is 27.7 Å². The summed E-state index contributed by atoms with van der Waals surface area (Å²) in [6.45, 7) is 8.80. The predicted molar refractivity (Wildman–Crippen MR) is 58.2 cm³/mol. The van der Waals surface area contributed by atoms with Crippen LogP contribution in [-0.2, 0) is 13.6 Å². The predicted octanol–water partition coefficient (Wildman–Crippen LogP) is 2.44. The Labute approximate surface area is 86.7 Å². The van der Waals surface area contributed by atoms with Crippen molar-refractivity contribution >= 4 is 7.60 Å². The van der Waals surface area contributed by atoms with Gasteiger partial charge >= 0.3 is 7.60 Å². The SMILES string of the molecule is CC(C)COP(=O)(CN)OCC(C)C. The highest BCUT2D eigenvalue weighted by atomic mass is 31.2. The van der Waals surface area contributed by atoms with Crippen molar-refractivity contribution < 1.29 is 13.6 Å². The molecule has 0 atom stereocenters. The van der Waals surface area contributed by atoms with Gasteiger partial charge in [-0.15, -0.1) is 0 Å². The third-order valence-electron chi connectivity index (χ3n) is 1.43. The summed E-state index contributed by atoms with van der Waals surface area (Å²) >= 11 is 0. The third kappa shape index (κ3) is 6.55. The second kappa shape index (κ2) is 6.57. The first-order valence-corrected chi connectivity index (χ1v) is 6.70. The average Bonchev–Trinajstić information content (AvgIpc) is 2.11. The molecule has 0 radical (unpaired) electrons. The summed E-state index contributed by atoms with van der Waals surface area (Å²) in [7, 11) is -3.03. The first kappa shape index (κ1) is 14.1. The maximum atomic E-state index is 11.8. The van der Waals surface area contributed by atoms with Gasteiger partial charge in [0, 0.05) is 0 Å². The van der Waals surface area contributed by atoms with Crippen LogP contribution in [0.25, 0.3) is 0 Å². The fourth-order valence-corrected chi connectivity index (χ4v) is 2.00. The molecule has 0 aromatic carbocycles. The lowest BCUT2D eigenvalue weighted by Crippen LogP contribution is -2.12. The zero-order chi connectivity index (χ0) is 11.2. The molecular weight excluding hydrogens is 201 g/mol. The van der Waals surface area contributed by atoms with E-state index in [1.165, 1.54) is 0 Å². The van der Waals surface area contributed by atoms with Crippen LogP contribution in [0.5, 0.6) is 0 Å². The molecule has 86 valence electrons. The van der Waals surface area contributed by atoms with Crippen LogP contribution in [0.3, 0.4) is 0 Å². The lowest BCUT2D eigenvalue weighted by Gasteiger charge is -2.18. The van der Waals surface area contributed by atoms with Crippen LogP contribution in [0.4, 0.5) is 0 Å². The molecule has 0 heterocycles. The maximum Gasteiger partial charge on any atom is 0.344 e. The number of nitrogens with two attached hydrogens (primary N) is 1. The molecule has 0 aromatic rings. The van der Waals surface area contributed by atoms with Gasteiger partial charge in [-0.1, -0.05) is 27.7 Å². The van der Waals surface area contributed by atoms with E-state index < -0.39 is 7.60 Å². The van der Waals surface area contributed by atoms with E-state index >= 15 is 0 Å². The van der Waals surface area contributed by atoms with E-state index in [1.54, 1.807) is 0 Å². The molecule has 0 aliphatic rings. The Hall–Kier alpha value is 0.110. The highest BCUT2D eigenvalue weighted by Gasteiger charge is 2.23. The summed E-state index contributed by atoms with van der Waals surface area (Å²) in [5.74, 6) is 0.662. The van der Waals surface area contributed by atoms with Crippen molar-refractivity contribution in [3.8, 4) is 0 Å². The summed E-state index contributed by atoms with van der Waals surface area (Å²) in [5.41, 5.74) is 5.37. The molecule has 0 aromatic heterocycles. The quantitative estimate of drug-likeness (QED) is 0.673. The molecule has 14 heavy (non-hydrogen) atoms. The molecule has 0 amide bonds. The van der Waals surface area contributed by atoms with Crippen molar-refractivity contribution in [3.63, 3.8) is 0 Å². The normalized spacial score (nSPS) is 12.8. The molecule has 0 saturated carbocycles. The lowest BCUT2D eigenvalue weighted by molar-refractivity contribution is 0.173. The molecule has 4 nitrogen and oxygen atoms in total. The van der Waals surface area contributed by atoms with Crippen LogP contribution in [0.1, 0.15) is 27.7 Å². The molecule has 0 saturated heterocycles. The van der Waals surface area contributed by atoms with Crippen LogP contribution in [0, 0.1) is 11.8 Å². The fourth-order valence-electron chi connectivity index (χ4n) is 0.668. The summed E-state index contributed by atoms with van der Waals surface area (Å²) in [6.07, 6.45) is -0.0492. The first-order valence-electron chi connectivity index (χ1n) is 4.98. The Morgan fingerprint density at radius 3 is 1.64 bits per heavy atom. The summed E-state index contributed by atoms with van der Waals surface area (Å²) in [4.78, 5) is 0. The van der Waals surface area contributed by atoms with Crippen LogP contribution < -0.4 is 5.73 Å². The van der Waals surface area contributed by atoms with E-state index in [0.717, 1.165) is 0 Å². The number of rotatable bonds is 7. The standard InChI is InChI=1S/C9H22NO3P/c1-8(2)5-12-14(11,7-10)13-6-9(3)4/h8-9H,5-7,10H2,1-4H3. The Morgan fingerprint density at radius 2 is 1.43 bits per heavy atom. The zero-order valence-corrected chi connectivity index (χ0v) is 10.4. The smallest absolute Gasteiger partial charge is 0.320 e. The Kier molecular flexibility index (Phi) is 6.62. The minimum atomic E-state index is -3.03. The van der Waals surface area contributed by atoms with Crippen LogP contribution in [0.2, 0.25) is 0 Å². The van der Waals surface area contributed by atoms with Crippen molar-refractivity contribution in [2.45, 2.75) is 27.7 Å². The minimum Gasteiger partial charge on any atom is -0.320 e. The van der Waals surface area contributed by atoms with Crippen molar-refractivity contribution in [2.75, 3.05) is 19.5 Å². The largest absolute Gasteiger partial charge is 0.344 e. The van der Waals surface area contributed by atoms with Crippen molar-refractivity contribution in [3.05, 3.63) is 0 Å². The van der Waals surface area contributed by atoms with Crippen LogP contribution in [0.15, 0.2) is 0 Å². The van der Waals surface area contributed by atoms with Crippen LogP contribution >= 0.6 is 7.60 Å². The minimum absolute atomic E-state index is 0.0492. The summed E-state index contributed by atoms with van der Waals surface area (Å²) < 4.78 is 22.2. The van der Waals surface area contributed by atoms with Gasteiger partial charge in [-0.25, -0.2) is 0 Å². The highest BCUT2D eigenvalue weighted by molar-refractivity contribution is 7.53. The van der Waals surface area contributed by atoms with Crippen molar-refractivity contribution in [2.24, 2.45) is 17.6 Å². The number of hydrogen-bond acceptors (Lipinski definition) is 4. The van der Waals surface area contributed by atoms with Gasteiger partial charge in [-0.3, -0.25) is 4.57 Å². The topological polar surface area (TPSA) is 61.5 Å². The van der Waals surface area contributed by atoms with Gasteiger partial charge in [0.2, 0.25) is 0 Å². The van der Waals surface area contributed by atoms with E-state index in [9.17, 15) is 4.57 Å². The summed E-state index contributed by atoms with van der Waals surface area (Å²) in [6, 6.07) is 0. The van der Waals surface area contributed by atoms with Crippen LogP contribution in [-0.4, -0.2) is 19.5 Å². The molecule has 0 aliphatic carbocycles. The van der Waals surface area contributed by atoms with Gasteiger partial charge in [0.15, 0.2) is 0 Å². The highest BCUT2D eigenvalue weighted by Crippen LogP contribution is 2.46. The van der Waals surface area contributed by atoms with E-state index in [-0.39, 0.29) is 6.29 Å². The Balaban J connectivity index is 3.98. The first-order chi connectivity index (χ1) is 6.39.